The number of aromatic nitrogens is 1. The fraction of sp³-hybridized carbons (Fsp3) is 0.200. The van der Waals surface area contributed by atoms with Crippen molar-refractivity contribution in [1.82, 2.24) is 4.98 Å². The molecular formula is C10H7F2NO3. The minimum absolute atomic E-state index is 0.0467. The van der Waals surface area contributed by atoms with Crippen LogP contribution in [0, 0.1) is 11.6 Å². The number of halogens is 2. The second kappa shape index (κ2) is 3.88. The van der Waals surface area contributed by atoms with Gasteiger partial charge < -0.3 is 9.52 Å². The number of carbonyl (C=O) groups is 1. The van der Waals surface area contributed by atoms with Gasteiger partial charge in [0.15, 0.2) is 17.3 Å². The molecule has 1 aromatic carbocycles. The molecule has 6 heteroatoms. The number of benzene rings is 1. The molecule has 0 aliphatic heterocycles. The minimum Gasteiger partial charge on any atom is -0.481 e. The molecule has 84 valence electrons. The van der Waals surface area contributed by atoms with Crippen molar-refractivity contribution in [3.05, 3.63) is 29.7 Å². The number of hydrogen-bond donors (Lipinski definition) is 1. The molecule has 4 nitrogen and oxygen atoms in total. The number of fused-ring (bicyclic) bond motifs is 1. The Balaban J connectivity index is 2.36. The molecule has 0 unspecified atom stereocenters. The molecule has 0 bridgehead atoms. The Labute approximate surface area is 88.5 Å². The summed E-state index contributed by atoms with van der Waals surface area (Å²) in [6.07, 6.45) is -0.123. The van der Waals surface area contributed by atoms with Crippen LogP contribution in [-0.4, -0.2) is 16.1 Å². The molecular weight excluding hydrogens is 220 g/mol. The number of nitrogens with zero attached hydrogens (tertiary/aromatic N) is 1. The molecule has 0 aliphatic rings. The van der Waals surface area contributed by atoms with Gasteiger partial charge in [0.2, 0.25) is 0 Å². The lowest BCUT2D eigenvalue weighted by molar-refractivity contribution is -0.137. The van der Waals surface area contributed by atoms with Crippen LogP contribution in [0.5, 0.6) is 0 Å². The Morgan fingerprint density at radius 1 is 1.44 bits per heavy atom. The van der Waals surface area contributed by atoms with Crippen LogP contribution in [0.4, 0.5) is 8.78 Å². The molecule has 0 saturated carbocycles. The monoisotopic (exact) mass is 227 g/mol. The van der Waals surface area contributed by atoms with Crippen LogP contribution in [0.25, 0.3) is 11.1 Å². The van der Waals surface area contributed by atoms with Gasteiger partial charge in [-0.1, -0.05) is 0 Å². The molecule has 0 amide bonds. The molecule has 1 heterocycles. The summed E-state index contributed by atoms with van der Waals surface area (Å²) in [7, 11) is 0. The Bertz CT molecular complexity index is 550. The number of rotatable bonds is 3. The topological polar surface area (TPSA) is 63.3 Å². The van der Waals surface area contributed by atoms with Gasteiger partial charge in [-0.15, -0.1) is 0 Å². The number of aliphatic carboxylic acids is 1. The van der Waals surface area contributed by atoms with E-state index in [0.717, 1.165) is 6.07 Å². The van der Waals surface area contributed by atoms with Gasteiger partial charge in [-0.25, -0.2) is 13.8 Å². The van der Waals surface area contributed by atoms with Crippen LogP contribution in [0.1, 0.15) is 12.3 Å². The van der Waals surface area contributed by atoms with Crippen molar-refractivity contribution in [2.24, 2.45) is 0 Å². The highest BCUT2D eigenvalue weighted by Gasteiger charge is 2.12. The summed E-state index contributed by atoms with van der Waals surface area (Å²) in [6.45, 7) is 0. The zero-order chi connectivity index (χ0) is 11.7. The molecule has 0 atom stereocenters. The molecule has 0 fully saturated rings. The third kappa shape index (κ3) is 2.00. The lowest BCUT2D eigenvalue weighted by Gasteiger charge is -1.90. The Morgan fingerprint density at radius 2 is 2.19 bits per heavy atom. The number of oxazole rings is 1. The Hall–Kier alpha value is -1.98. The maximum Gasteiger partial charge on any atom is 0.303 e. The number of aryl methyl sites for hydroxylation is 1. The lowest BCUT2D eigenvalue weighted by Crippen LogP contribution is -1.97. The molecule has 1 aromatic heterocycles. The lowest BCUT2D eigenvalue weighted by atomic mass is 10.3. The van der Waals surface area contributed by atoms with E-state index in [1.165, 1.54) is 0 Å². The molecule has 16 heavy (non-hydrogen) atoms. The van der Waals surface area contributed by atoms with E-state index in [1.807, 2.05) is 0 Å². The molecule has 1 N–H and O–H groups in total. The van der Waals surface area contributed by atoms with Crippen LogP contribution in [0.3, 0.4) is 0 Å². The zero-order valence-electron chi connectivity index (χ0n) is 8.04. The molecule has 0 radical (unpaired) electrons. The van der Waals surface area contributed by atoms with E-state index in [-0.39, 0.29) is 29.8 Å². The second-order valence-electron chi connectivity index (χ2n) is 3.24. The number of carboxylic acid groups (broad SMARTS) is 1. The van der Waals surface area contributed by atoms with Gasteiger partial charge in [0.05, 0.1) is 6.42 Å². The second-order valence-corrected chi connectivity index (χ2v) is 3.24. The minimum atomic E-state index is -1.01. The molecule has 0 spiro atoms. The van der Waals surface area contributed by atoms with Crippen LogP contribution in [-0.2, 0) is 11.2 Å². The first-order valence-corrected chi connectivity index (χ1v) is 4.52. The smallest absolute Gasteiger partial charge is 0.303 e. The molecule has 2 aromatic rings. The first kappa shape index (κ1) is 10.5. The van der Waals surface area contributed by atoms with Crippen LogP contribution < -0.4 is 0 Å². The maximum atomic E-state index is 13.2. The van der Waals surface area contributed by atoms with Gasteiger partial charge in [-0.3, -0.25) is 4.79 Å². The van der Waals surface area contributed by atoms with E-state index in [4.69, 9.17) is 9.52 Å². The largest absolute Gasteiger partial charge is 0.481 e. The average Bonchev–Trinajstić information content (AvgIpc) is 2.57. The first-order chi connectivity index (χ1) is 7.56. The van der Waals surface area contributed by atoms with Crippen LogP contribution in [0.2, 0.25) is 0 Å². The third-order valence-corrected chi connectivity index (χ3v) is 2.01. The third-order valence-electron chi connectivity index (χ3n) is 2.01. The summed E-state index contributed by atoms with van der Waals surface area (Å²) < 4.78 is 31.0. The molecule has 0 aliphatic carbocycles. The van der Waals surface area contributed by atoms with E-state index < -0.39 is 17.6 Å². The van der Waals surface area contributed by atoms with E-state index in [1.54, 1.807) is 0 Å². The summed E-state index contributed by atoms with van der Waals surface area (Å²) in [6, 6.07) is 1.72. The zero-order valence-corrected chi connectivity index (χ0v) is 8.04. The SMILES string of the molecule is O=C(O)CCc1nc2cc(F)cc(F)c2o1. The average molecular weight is 227 g/mol. The van der Waals surface area contributed by atoms with Gasteiger partial charge in [-0.05, 0) is 0 Å². The Morgan fingerprint density at radius 3 is 2.88 bits per heavy atom. The molecule has 0 saturated heterocycles. The van der Waals surface area contributed by atoms with Crippen molar-refractivity contribution in [3.63, 3.8) is 0 Å². The highest BCUT2D eigenvalue weighted by molar-refractivity contribution is 5.73. The normalized spacial score (nSPS) is 10.9. The fourth-order valence-electron chi connectivity index (χ4n) is 1.33. The first-order valence-electron chi connectivity index (χ1n) is 4.52. The standard InChI is InChI=1S/C10H7F2NO3/c11-5-3-6(12)10-7(4-5)13-8(16-10)1-2-9(14)15/h3-4H,1-2H2,(H,14,15). The van der Waals surface area contributed by atoms with Crippen LogP contribution >= 0.6 is 0 Å². The summed E-state index contributed by atoms with van der Waals surface area (Å²) in [5.74, 6) is -2.51. The van der Waals surface area contributed by atoms with Crippen molar-refractivity contribution in [3.8, 4) is 0 Å². The van der Waals surface area contributed by atoms with Gasteiger partial charge in [-0.2, -0.15) is 0 Å². The summed E-state index contributed by atoms with van der Waals surface area (Å²) >= 11 is 0. The highest BCUT2D eigenvalue weighted by Crippen LogP contribution is 2.21. The molecule has 2 rings (SSSR count). The maximum absolute atomic E-state index is 13.2. The van der Waals surface area contributed by atoms with Crippen molar-refractivity contribution < 1.29 is 23.1 Å². The Kier molecular flexibility index (Phi) is 2.55. The van der Waals surface area contributed by atoms with Gasteiger partial charge in [0, 0.05) is 18.6 Å². The number of carboxylic acids is 1. The van der Waals surface area contributed by atoms with Gasteiger partial charge in [0.25, 0.3) is 0 Å². The van der Waals surface area contributed by atoms with E-state index in [2.05, 4.69) is 4.98 Å². The van der Waals surface area contributed by atoms with E-state index >= 15 is 0 Å². The van der Waals surface area contributed by atoms with Gasteiger partial charge >= 0.3 is 5.97 Å². The van der Waals surface area contributed by atoms with Gasteiger partial charge in [0.1, 0.15) is 11.3 Å². The fourth-order valence-corrected chi connectivity index (χ4v) is 1.33. The predicted molar refractivity (Wildman–Crippen MR) is 49.9 cm³/mol. The van der Waals surface area contributed by atoms with Crippen molar-refractivity contribution in [2.75, 3.05) is 0 Å². The highest BCUT2D eigenvalue weighted by atomic mass is 19.1. The summed E-state index contributed by atoms with van der Waals surface area (Å²) in [5.41, 5.74) is -0.0975. The van der Waals surface area contributed by atoms with E-state index in [9.17, 15) is 13.6 Å². The van der Waals surface area contributed by atoms with Crippen molar-refractivity contribution in [1.29, 1.82) is 0 Å². The van der Waals surface area contributed by atoms with E-state index in [0.29, 0.717) is 6.07 Å². The quantitative estimate of drug-likeness (QED) is 0.872. The van der Waals surface area contributed by atoms with Crippen molar-refractivity contribution >= 4 is 17.1 Å². The van der Waals surface area contributed by atoms with Crippen LogP contribution in [0.15, 0.2) is 16.5 Å². The summed E-state index contributed by atoms with van der Waals surface area (Å²) in [5, 5.41) is 8.44. The summed E-state index contributed by atoms with van der Waals surface area (Å²) in [4.78, 5) is 14.1. The predicted octanol–water partition coefficient (Wildman–Crippen LogP) is 2.12. The van der Waals surface area contributed by atoms with Crippen molar-refractivity contribution in [2.45, 2.75) is 12.8 Å². The number of hydrogen-bond acceptors (Lipinski definition) is 3.